The van der Waals surface area contributed by atoms with Crippen LogP contribution < -0.4 is 10.1 Å². The molecule has 3 amide bonds. The van der Waals surface area contributed by atoms with Crippen LogP contribution in [0.3, 0.4) is 0 Å². The lowest BCUT2D eigenvalue weighted by atomic mass is 9.86. The van der Waals surface area contributed by atoms with Gasteiger partial charge in [0.05, 0.1) is 23.6 Å². The SMILES string of the molecule is CN(C)C(=O)[C@H]1CN(CC(=O)N2CCCCC2)C[C@@]12COc1ccccc1C(=O)N2. The second-order valence-electron chi connectivity index (χ2n) is 8.79. The lowest BCUT2D eigenvalue weighted by Gasteiger charge is -2.34. The minimum absolute atomic E-state index is 0.0715. The molecule has 1 aromatic rings. The number of amides is 3. The third-order valence-corrected chi connectivity index (χ3v) is 6.40. The molecule has 2 fully saturated rings. The van der Waals surface area contributed by atoms with Gasteiger partial charge in [0.25, 0.3) is 5.91 Å². The molecule has 1 aromatic carbocycles. The summed E-state index contributed by atoms with van der Waals surface area (Å²) in [4.78, 5) is 44.3. The van der Waals surface area contributed by atoms with Gasteiger partial charge in [-0.25, -0.2) is 0 Å². The van der Waals surface area contributed by atoms with Crippen LogP contribution in [0.4, 0.5) is 0 Å². The summed E-state index contributed by atoms with van der Waals surface area (Å²) in [6.45, 7) is 2.85. The lowest BCUT2D eigenvalue weighted by molar-refractivity contribution is -0.135. The normalized spacial score (nSPS) is 26.5. The number of nitrogens with one attached hydrogen (secondary N) is 1. The molecule has 2 atom stereocenters. The molecule has 2 saturated heterocycles. The van der Waals surface area contributed by atoms with Crippen LogP contribution in [0.5, 0.6) is 5.75 Å². The van der Waals surface area contributed by atoms with Crippen LogP contribution in [-0.2, 0) is 9.59 Å². The number of likely N-dealkylation sites (tertiary alicyclic amines) is 2. The highest BCUT2D eigenvalue weighted by atomic mass is 16.5. The monoisotopic (exact) mass is 414 g/mol. The molecule has 8 heteroatoms. The summed E-state index contributed by atoms with van der Waals surface area (Å²) in [5.74, 6) is -0.195. The van der Waals surface area contributed by atoms with Crippen LogP contribution in [0.15, 0.2) is 24.3 Å². The zero-order valence-electron chi connectivity index (χ0n) is 17.7. The predicted octanol–water partition coefficient (Wildman–Crippen LogP) is 0.580. The Labute approximate surface area is 177 Å². The average Bonchev–Trinajstić information content (AvgIpc) is 3.02. The lowest BCUT2D eigenvalue weighted by Crippen LogP contribution is -2.60. The van der Waals surface area contributed by atoms with Gasteiger partial charge in [-0.2, -0.15) is 0 Å². The molecule has 30 heavy (non-hydrogen) atoms. The topological polar surface area (TPSA) is 82.2 Å². The Morgan fingerprint density at radius 1 is 1.20 bits per heavy atom. The van der Waals surface area contributed by atoms with E-state index in [0.717, 1.165) is 25.9 Å². The van der Waals surface area contributed by atoms with Gasteiger partial charge in [-0.05, 0) is 31.4 Å². The second kappa shape index (κ2) is 8.26. The molecule has 162 valence electrons. The Balaban J connectivity index is 1.56. The minimum Gasteiger partial charge on any atom is -0.490 e. The third kappa shape index (κ3) is 3.88. The smallest absolute Gasteiger partial charge is 0.255 e. The van der Waals surface area contributed by atoms with Crippen LogP contribution >= 0.6 is 0 Å². The molecular formula is C22H30N4O4. The Kier molecular flexibility index (Phi) is 5.69. The summed E-state index contributed by atoms with van der Waals surface area (Å²) < 4.78 is 6.01. The van der Waals surface area contributed by atoms with Gasteiger partial charge in [-0.15, -0.1) is 0 Å². The van der Waals surface area contributed by atoms with E-state index in [1.807, 2.05) is 15.9 Å². The van der Waals surface area contributed by atoms with Crippen molar-refractivity contribution in [2.75, 3.05) is 53.4 Å². The number of para-hydroxylation sites is 1. The molecule has 0 bridgehead atoms. The van der Waals surface area contributed by atoms with Crippen molar-refractivity contribution in [2.24, 2.45) is 5.92 Å². The number of benzene rings is 1. The van der Waals surface area contributed by atoms with E-state index in [1.54, 1.807) is 37.2 Å². The molecule has 8 nitrogen and oxygen atoms in total. The summed E-state index contributed by atoms with van der Waals surface area (Å²) in [5, 5.41) is 3.10. The quantitative estimate of drug-likeness (QED) is 0.783. The number of nitrogens with zero attached hydrogens (tertiary/aromatic N) is 3. The van der Waals surface area contributed by atoms with Crippen molar-refractivity contribution in [2.45, 2.75) is 24.8 Å². The van der Waals surface area contributed by atoms with E-state index in [2.05, 4.69) is 5.32 Å². The molecule has 4 rings (SSSR count). The molecule has 0 aromatic heterocycles. The first-order valence-corrected chi connectivity index (χ1v) is 10.7. The second-order valence-corrected chi connectivity index (χ2v) is 8.79. The van der Waals surface area contributed by atoms with E-state index in [1.165, 1.54) is 6.42 Å². The van der Waals surface area contributed by atoms with Gasteiger partial charge in [0, 0.05) is 40.3 Å². The maximum absolute atomic E-state index is 13.0. The molecule has 3 aliphatic heterocycles. The first kappa shape index (κ1) is 20.7. The van der Waals surface area contributed by atoms with Crippen molar-refractivity contribution in [3.63, 3.8) is 0 Å². The summed E-state index contributed by atoms with van der Waals surface area (Å²) in [6, 6.07) is 7.10. The van der Waals surface area contributed by atoms with Crippen LogP contribution in [0.25, 0.3) is 0 Å². The predicted molar refractivity (Wildman–Crippen MR) is 111 cm³/mol. The van der Waals surface area contributed by atoms with Gasteiger partial charge in [-0.3, -0.25) is 19.3 Å². The Morgan fingerprint density at radius 3 is 2.67 bits per heavy atom. The highest BCUT2D eigenvalue weighted by Crippen LogP contribution is 2.34. The molecule has 0 aliphatic carbocycles. The fourth-order valence-electron chi connectivity index (χ4n) is 4.78. The van der Waals surface area contributed by atoms with Crippen LogP contribution in [0, 0.1) is 5.92 Å². The van der Waals surface area contributed by atoms with Crippen molar-refractivity contribution < 1.29 is 19.1 Å². The van der Waals surface area contributed by atoms with Crippen molar-refractivity contribution in [3.8, 4) is 5.75 Å². The molecule has 3 aliphatic rings. The first-order chi connectivity index (χ1) is 14.4. The Bertz CT molecular complexity index is 836. The molecule has 3 heterocycles. The molecular weight excluding hydrogens is 384 g/mol. The van der Waals surface area contributed by atoms with Gasteiger partial charge in [0.2, 0.25) is 11.8 Å². The highest BCUT2D eigenvalue weighted by Gasteiger charge is 2.53. The van der Waals surface area contributed by atoms with E-state index < -0.39 is 11.5 Å². The fraction of sp³-hybridized carbons (Fsp3) is 0.591. The van der Waals surface area contributed by atoms with Gasteiger partial charge in [0.1, 0.15) is 12.4 Å². The molecule has 0 radical (unpaired) electrons. The van der Waals surface area contributed by atoms with Crippen molar-refractivity contribution >= 4 is 17.7 Å². The van der Waals surface area contributed by atoms with Crippen LogP contribution in [-0.4, -0.2) is 91.4 Å². The zero-order valence-corrected chi connectivity index (χ0v) is 17.7. The van der Waals surface area contributed by atoms with E-state index >= 15 is 0 Å². The number of ether oxygens (including phenoxy) is 1. The molecule has 1 N–H and O–H groups in total. The zero-order chi connectivity index (χ0) is 21.3. The van der Waals surface area contributed by atoms with E-state index in [-0.39, 0.29) is 30.9 Å². The number of rotatable bonds is 3. The maximum atomic E-state index is 13.0. The van der Waals surface area contributed by atoms with Gasteiger partial charge in [-0.1, -0.05) is 12.1 Å². The maximum Gasteiger partial charge on any atom is 0.255 e. The summed E-state index contributed by atoms with van der Waals surface area (Å²) >= 11 is 0. The Hall–Kier alpha value is -2.61. The van der Waals surface area contributed by atoms with E-state index in [0.29, 0.717) is 24.4 Å². The number of carbonyl (C=O) groups is 3. The van der Waals surface area contributed by atoms with Gasteiger partial charge in [0.15, 0.2) is 0 Å². The Morgan fingerprint density at radius 2 is 1.93 bits per heavy atom. The highest BCUT2D eigenvalue weighted by molar-refractivity contribution is 5.98. The van der Waals surface area contributed by atoms with Crippen molar-refractivity contribution in [3.05, 3.63) is 29.8 Å². The van der Waals surface area contributed by atoms with Crippen molar-refractivity contribution in [1.82, 2.24) is 20.0 Å². The number of piperidine rings is 1. The summed E-state index contributed by atoms with van der Waals surface area (Å²) in [6.07, 6.45) is 3.25. The number of carbonyl (C=O) groups excluding carboxylic acids is 3. The number of hydrogen-bond donors (Lipinski definition) is 1. The molecule has 0 unspecified atom stereocenters. The molecule has 0 saturated carbocycles. The summed E-state index contributed by atoms with van der Waals surface area (Å²) in [5.41, 5.74) is -0.409. The standard InChI is InChI=1S/C22H30N4O4/c1-24(2)21(29)17-12-25(13-19(27)26-10-6-3-7-11-26)14-22(17)15-30-18-9-5-4-8-16(18)20(28)23-22/h4-5,8-9,17H,3,6-7,10-15H2,1-2H3,(H,23,28)/t17-,22-/m1/s1. The number of fused-ring (bicyclic) bond motifs is 1. The number of hydrogen-bond acceptors (Lipinski definition) is 5. The van der Waals surface area contributed by atoms with E-state index in [9.17, 15) is 14.4 Å². The van der Waals surface area contributed by atoms with Gasteiger partial charge < -0.3 is 19.9 Å². The summed E-state index contributed by atoms with van der Waals surface area (Å²) in [7, 11) is 3.43. The minimum atomic E-state index is -0.875. The average molecular weight is 415 g/mol. The third-order valence-electron chi connectivity index (χ3n) is 6.40. The van der Waals surface area contributed by atoms with Crippen LogP contribution in [0.2, 0.25) is 0 Å². The van der Waals surface area contributed by atoms with E-state index in [4.69, 9.17) is 4.74 Å². The first-order valence-electron chi connectivity index (χ1n) is 10.7. The largest absolute Gasteiger partial charge is 0.490 e. The molecule has 1 spiro atoms. The fourth-order valence-corrected chi connectivity index (χ4v) is 4.78. The van der Waals surface area contributed by atoms with Gasteiger partial charge >= 0.3 is 0 Å². The van der Waals surface area contributed by atoms with Crippen molar-refractivity contribution in [1.29, 1.82) is 0 Å². The van der Waals surface area contributed by atoms with Crippen LogP contribution in [0.1, 0.15) is 29.6 Å².